The molecule has 2 nitrogen and oxygen atoms in total. The molecule has 2 rings (SSSR count). The Bertz CT molecular complexity index is 285. The summed E-state index contributed by atoms with van der Waals surface area (Å²) in [6.45, 7) is 2.84. The highest BCUT2D eigenvalue weighted by Crippen LogP contribution is 2.23. The van der Waals surface area contributed by atoms with Crippen LogP contribution in [0, 0.1) is 0 Å². The highest BCUT2D eigenvalue weighted by Gasteiger charge is 2.18. The summed E-state index contributed by atoms with van der Waals surface area (Å²) in [6.07, 6.45) is 0. The fraction of sp³-hybridized carbons (Fsp3) is 0.455. The first kappa shape index (κ1) is 8.73. The zero-order chi connectivity index (χ0) is 9.10. The Morgan fingerprint density at radius 2 is 2.31 bits per heavy atom. The molecular weight excluding hydrogens is 162 g/mol. The Balaban J connectivity index is 2.26. The van der Waals surface area contributed by atoms with Crippen LogP contribution in [0.15, 0.2) is 24.3 Å². The van der Waals surface area contributed by atoms with Crippen LogP contribution in [-0.2, 0) is 11.3 Å². The number of rotatable bonds is 2. The monoisotopic (exact) mass is 177 g/mol. The van der Waals surface area contributed by atoms with E-state index in [0.29, 0.717) is 5.92 Å². The average molecular weight is 177 g/mol. The van der Waals surface area contributed by atoms with Gasteiger partial charge in [0.05, 0.1) is 6.61 Å². The van der Waals surface area contributed by atoms with Crippen molar-refractivity contribution in [2.24, 2.45) is 0 Å². The normalized spacial score (nSPS) is 21.2. The van der Waals surface area contributed by atoms with Crippen molar-refractivity contribution in [2.75, 3.05) is 20.3 Å². The third-order valence-electron chi connectivity index (χ3n) is 2.57. The van der Waals surface area contributed by atoms with Gasteiger partial charge in [0, 0.05) is 26.1 Å². The molecule has 0 saturated heterocycles. The van der Waals surface area contributed by atoms with Crippen LogP contribution in [0.25, 0.3) is 0 Å². The number of ether oxygens (including phenoxy) is 1. The van der Waals surface area contributed by atoms with Gasteiger partial charge < -0.3 is 10.1 Å². The lowest BCUT2D eigenvalue weighted by Gasteiger charge is -2.25. The number of methoxy groups -OCH3 is 1. The summed E-state index contributed by atoms with van der Waals surface area (Å²) in [7, 11) is 1.76. The molecule has 0 radical (unpaired) electrons. The number of hydrogen-bond acceptors (Lipinski definition) is 2. The quantitative estimate of drug-likeness (QED) is 0.739. The molecule has 1 atom stereocenters. The second-order valence-corrected chi connectivity index (χ2v) is 3.48. The summed E-state index contributed by atoms with van der Waals surface area (Å²) >= 11 is 0. The third kappa shape index (κ3) is 1.74. The maximum absolute atomic E-state index is 5.20. The highest BCUT2D eigenvalue weighted by atomic mass is 16.5. The van der Waals surface area contributed by atoms with E-state index in [0.717, 1.165) is 19.7 Å². The van der Waals surface area contributed by atoms with E-state index < -0.39 is 0 Å². The van der Waals surface area contributed by atoms with Crippen molar-refractivity contribution in [1.82, 2.24) is 5.32 Å². The molecule has 0 aromatic heterocycles. The Morgan fingerprint density at radius 3 is 3.15 bits per heavy atom. The molecule has 70 valence electrons. The van der Waals surface area contributed by atoms with Gasteiger partial charge in [-0.2, -0.15) is 0 Å². The van der Waals surface area contributed by atoms with E-state index in [1.54, 1.807) is 7.11 Å². The summed E-state index contributed by atoms with van der Waals surface area (Å²) in [5.74, 6) is 0.523. The lowest BCUT2D eigenvalue weighted by atomic mass is 9.92. The van der Waals surface area contributed by atoms with Crippen molar-refractivity contribution in [1.29, 1.82) is 0 Å². The van der Waals surface area contributed by atoms with Gasteiger partial charge in [-0.1, -0.05) is 24.3 Å². The number of nitrogens with one attached hydrogen (secondary N) is 1. The Hall–Kier alpha value is -0.860. The smallest absolute Gasteiger partial charge is 0.0543 e. The van der Waals surface area contributed by atoms with Crippen molar-refractivity contribution in [3.8, 4) is 0 Å². The summed E-state index contributed by atoms with van der Waals surface area (Å²) < 4.78 is 5.20. The van der Waals surface area contributed by atoms with Crippen LogP contribution < -0.4 is 5.32 Å². The van der Waals surface area contributed by atoms with Crippen molar-refractivity contribution >= 4 is 0 Å². The van der Waals surface area contributed by atoms with Crippen molar-refractivity contribution < 1.29 is 4.74 Å². The zero-order valence-electron chi connectivity index (χ0n) is 7.92. The van der Waals surface area contributed by atoms with Gasteiger partial charge in [0.15, 0.2) is 0 Å². The molecule has 1 N–H and O–H groups in total. The largest absolute Gasteiger partial charge is 0.384 e. The number of benzene rings is 1. The van der Waals surface area contributed by atoms with Crippen LogP contribution in [-0.4, -0.2) is 20.3 Å². The molecule has 1 aliphatic heterocycles. The van der Waals surface area contributed by atoms with E-state index in [9.17, 15) is 0 Å². The van der Waals surface area contributed by atoms with Crippen molar-refractivity contribution in [3.05, 3.63) is 35.4 Å². The summed E-state index contributed by atoms with van der Waals surface area (Å²) in [4.78, 5) is 0. The molecule has 0 bridgehead atoms. The van der Waals surface area contributed by atoms with E-state index in [2.05, 4.69) is 29.6 Å². The molecule has 1 unspecified atom stereocenters. The van der Waals surface area contributed by atoms with Gasteiger partial charge in [0.25, 0.3) is 0 Å². The van der Waals surface area contributed by atoms with Gasteiger partial charge in [0.2, 0.25) is 0 Å². The minimum absolute atomic E-state index is 0.523. The van der Waals surface area contributed by atoms with Gasteiger partial charge in [-0.3, -0.25) is 0 Å². The third-order valence-corrected chi connectivity index (χ3v) is 2.57. The SMILES string of the molecule is COCC1CNCc2ccccc21. The van der Waals surface area contributed by atoms with E-state index in [-0.39, 0.29) is 0 Å². The molecule has 1 aliphatic rings. The maximum atomic E-state index is 5.20. The van der Waals surface area contributed by atoms with Gasteiger partial charge in [-0.25, -0.2) is 0 Å². The summed E-state index contributed by atoms with van der Waals surface area (Å²) in [5.41, 5.74) is 2.86. The van der Waals surface area contributed by atoms with Crippen molar-refractivity contribution in [2.45, 2.75) is 12.5 Å². The minimum Gasteiger partial charge on any atom is -0.384 e. The second kappa shape index (κ2) is 3.90. The molecule has 1 aromatic carbocycles. The topological polar surface area (TPSA) is 21.3 Å². The summed E-state index contributed by atoms with van der Waals surface area (Å²) in [6, 6.07) is 8.59. The standard InChI is InChI=1S/C11H15NO/c1-13-8-10-7-12-6-9-4-2-3-5-11(9)10/h2-5,10,12H,6-8H2,1H3. The van der Waals surface area contributed by atoms with Crippen LogP contribution in [0.5, 0.6) is 0 Å². The fourth-order valence-corrected chi connectivity index (χ4v) is 1.93. The molecular formula is C11H15NO. The van der Waals surface area contributed by atoms with Gasteiger partial charge in [-0.05, 0) is 11.1 Å². The molecule has 0 fully saturated rings. The van der Waals surface area contributed by atoms with E-state index >= 15 is 0 Å². The first-order valence-electron chi connectivity index (χ1n) is 4.69. The van der Waals surface area contributed by atoms with Gasteiger partial charge >= 0.3 is 0 Å². The van der Waals surface area contributed by atoms with E-state index in [1.807, 2.05) is 0 Å². The molecule has 1 aromatic rings. The van der Waals surface area contributed by atoms with Gasteiger partial charge in [-0.15, -0.1) is 0 Å². The van der Waals surface area contributed by atoms with E-state index in [1.165, 1.54) is 11.1 Å². The first-order valence-corrected chi connectivity index (χ1v) is 4.69. The fourth-order valence-electron chi connectivity index (χ4n) is 1.93. The second-order valence-electron chi connectivity index (χ2n) is 3.48. The van der Waals surface area contributed by atoms with E-state index in [4.69, 9.17) is 4.74 Å². The molecule has 0 saturated carbocycles. The Kier molecular flexibility index (Phi) is 2.62. The molecule has 0 spiro atoms. The van der Waals surface area contributed by atoms with Crippen LogP contribution >= 0.6 is 0 Å². The minimum atomic E-state index is 0.523. The number of fused-ring (bicyclic) bond motifs is 1. The first-order chi connectivity index (χ1) is 6.42. The Labute approximate surface area is 78.9 Å². The van der Waals surface area contributed by atoms with Crippen LogP contribution in [0.1, 0.15) is 17.0 Å². The van der Waals surface area contributed by atoms with Crippen molar-refractivity contribution in [3.63, 3.8) is 0 Å². The van der Waals surface area contributed by atoms with Crippen LogP contribution in [0.2, 0.25) is 0 Å². The molecule has 0 amide bonds. The predicted molar refractivity (Wildman–Crippen MR) is 52.8 cm³/mol. The van der Waals surface area contributed by atoms with Crippen LogP contribution in [0.4, 0.5) is 0 Å². The lowest BCUT2D eigenvalue weighted by molar-refractivity contribution is 0.175. The zero-order valence-corrected chi connectivity index (χ0v) is 7.92. The van der Waals surface area contributed by atoms with Crippen LogP contribution in [0.3, 0.4) is 0 Å². The van der Waals surface area contributed by atoms with Gasteiger partial charge in [0.1, 0.15) is 0 Å². The predicted octanol–water partition coefficient (Wildman–Crippen LogP) is 1.52. The molecule has 0 aliphatic carbocycles. The summed E-state index contributed by atoms with van der Waals surface area (Å²) in [5, 5.41) is 3.40. The Morgan fingerprint density at radius 1 is 1.46 bits per heavy atom. The highest BCUT2D eigenvalue weighted by molar-refractivity contribution is 5.32. The lowest BCUT2D eigenvalue weighted by Crippen LogP contribution is -2.30. The average Bonchev–Trinajstić information content (AvgIpc) is 2.19. The molecule has 2 heteroatoms. The number of hydrogen-bond donors (Lipinski definition) is 1. The molecule has 1 heterocycles. The maximum Gasteiger partial charge on any atom is 0.0543 e. The molecule has 13 heavy (non-hydrogen) atoms.